The van der Waals surface area contributed by atoms with Crippen molar-refractivity contribution in [3.05, 3.63) is 68.4 Å². The molecule has 0 aliphatic carbocycles. The molecule has 0 radical (unpaired) electrons. The first kappa shape index (κ1) is 31.1. The van der Waals surface area contributed by atoms with E-state index >= 15 is 0 Å². The van der Waals surface area contributed by atoms with Crippen molar-refractivity contribution < 1.29 is 18.7 Å². The standard InChI is InChI=1S/C30H34FN7O5S/c1-5-30(3,28(40)35-14-6-7-15-35)37-25(39)24-19(2)26(38-33-12-13-34-38)44-27(24)36(29(37)41)18-23(43-16-8-11-32)21-17-20(31)9-10-22(21)42-4/h9-10,12-13,17,23H,5-8,14-16,18H2,1-4H3/t23-,30-/m0/s1. The Labute approximate surface area is 256 Å². The summed E-state index contributed by atoms with van der Waals surface area (Å²) in [6.07, 6.45) is 4.02. The molecule has 14 heteroatoms. The smallest absolute Gasteiger partial charge is 0.333 e. The first-order chi connectivity index (χ1) is 21.2. The highest BCUT2D eigenvalue weighted by molar-refractivity contribution is 7.21. The van der Waals surface area contributed by atoms with Crippen LogP contribution >= 0.6 is 11.3 Å². The van der Waals surface area contributed by atoms with E-state index in [1.54, 1.807) is 25.7 Å². The summed E-state index contributed by atoms with van der Waals surface area (Å²) >= 11 is 1.15. The van der Waals surface area contributed by atoms with Crippen molar-refractivity contribution in [3.8, 4) is 16.8 Å². The second-order valence-electron chi connectivity index (χ2n) is 10.8. The van der Waals surface area contributed by atoms with Crippen molar-refractivity contribution in [3.63, 3.8) is 0 Å². The monoisotopic (exact) mass is 623 g/mol. The van der Waals surface area contributed by atoms with Gasteiger partial charge >= 0.3 is 5.69 Å². The molecule has 1 aromatic carbocycles. The van der Waals surface area contributed by atoms with Crippen LogP contribution in [0.25, 0.3) is 15.2 Å². The number of likely N-dealkylation sites (tertiary alicyclic amines) is 1. The van der Waals surface area contributed by atoms with E-state index in [0.717, 1.165) is 28.7 Å². The molecule has 3 aromatic heterocycles. The lowest BCUT2D eigenvalue weighted by molar-refractivity contribution is -0.139. The van der Waals surface area contributed by atoms with Gasteiger partial charge < -0.3 is 14.4 Å². The summed E-state index contributed by atoms with van der Waals surface area (Å²) in [7, 11) is 1.44. The van der Waals surface area contributed by atoms with Gasteiger partial charge in [-0.3, -0.25) is 14.2 Å². The van der Waals surface area contributed by atoms with Crippen LogP contribution in [0.5, 0.6) is 5.75 Å². The second kappa shape index (κ2) is 12.7. The Morgan fingerprint density at radius 1 is 1.23 bits per heavy atom. The number of methoxy groups -OCH3 is 1. The number of aryl methyl sites for hydroxylation is 1. The molecule has 232 valence electrons. The second-order valence-corrected chi connectivity index (χ2v) is 11.8. The largest absolute Gasteiger partial charge is 0.496 e. The molecule has 2 atom stereocenters. The molecular weight excluding hydrogens is 589 g/mol. The summed E-state index contributed by atoms with van der Waals surface area (Å²) < 4.78 is 28.6. The zero-order valence-electron chi connectivity index (χ0n) is 25.1. The number of ether oxygens (including phenoxy) is 2. The molecule has 4 heterocycles. The first-order valence-electron chi connectivity index (χ1n) is 14.4. The maximum Gasteiger partial charge on any atom is 0.333 e. The number of nitrogens with zero attached hydrogens (tertiary/aromatic N) is 7. The predicted octanol–water partition coefficient (Wildman–Crippen LogP) is 3.68. The molecular formula is C30H34FN7O5S. The molecule has 0 bridgehead atoms. The van der Waals surface area contributed by atoms with E-state index in [1.165, 1.54) is 47.1 Å². The molecule has 0 unspecified atom stereocenters. The van der Waals surface area contributed by atoms with Crippen LogP contribution < -0.4 is 16.0 Å². The molecule has 12 nitrogen and oxygen atoms in total. The van der Waals surface area contributed by atoms with Crippen molar-refractivity contribution in [1.82, 2.24) is 29.0 Å². The number of thiophene rings is 1. The van der Waals surface area contributed by atoms with E-state index in [9.17, 15) is 18.8 Å². The number of benzene rings is 1. The van der Waals surface area contributed by atoms with Crippen LogP contribution in [0.15, 0.2) is 40.2 Å². The number of halogens is 1. The highest BCUT2D eigenvalue weighted by Gasteiger charge is 2.41. The zero-order valence-corrected chi connectivity index (χ0v) is 25.9. The number of rotatable bonds is 11. The Morgan fingerprint density at radius 2 is 1.93 bits per heavy atom. The molecule has 1 saturated heterocycles. The lowest BCUT2D eigenvalue weighted by Crippen LogP contribution is -2.57. The van der Waals surface area contributed by atoms with Gasteiger partial charge in [-0.15, -0.1) is 4.80 Å². The van der Waals surface area contributed by atoms with E-state index in [0.29, 0.717) is 39.8 Å². The fraction of sp³-hybridized carbons (Fsp3) is 0.467. The first-order valence-corrected chi connectivity index (χ1v) is 15.2. The third-order valence-electron chi connectivity index (χ3n) is 8.24. The summed E-state index contributed by atoms with van der Waals surface area (Å²) in [6, 6.07) is 6.01. The van der Waals surface area contributed by atoms with Crippen molar-refractivity contribution in [2.24, 2.45) is 0 Å². The Bertz CT molecular complexity index is 1840. The molecule has 1 amide bonds. The van der Waals surface area contributed by atoms with Crippen LogP contribution in [0.2, 0.25) is 0 Å². The maximum atomic E-state index is 14.6. The number of hydrogen-bond acceptors (Lipinski definition) is 9. The average Bonchev–Trinajstić information content (AvgIpc) is 3.80. The van der Waals surface area contributed by atoms with Crippen LogP contribution in [0.4, 0.5) is 4.39 Å². The lowest BCUT2D eigenvalue weighted by atomic mass is 9.96. The minimum absolute atomic E-state index is 0.00438. The molecule has 44 heavy (non-hydrogen) atoms. The van der Waals surface area contributed by atoms with Gasteiger partial charge in [0.2, 0.25) is 5.91 Å². The molecule has 1 aliphatic rings. The summed E-state index contributed by atoms with van der Waals surface area (Å²) in [6.45, 7) is 6.11. The Kier molecular flexibility index (Phi) is 8.98. The Balaban J connectivity index is 1.79. The summed E-state index contributed by atoms with van der Waals surface area (Å²) in [5, 5.41) is 18.4. The van der Waals surface area contributed by atoms with Gasteiger partial charge in [-0.25, -0.2) is 13.8 Å². The lowest BCUT2D eigenvalue weighted by Gasteiger charge is -2.33. The number of carbonyl (C=O) groups excluding carboxylic acids is 1. The summed E-state index contributed by atoms with van der Waals surface area (Å²) in [5.74, 6) is -0.499. The van der Waals surface area contributed by atoms with Crippen molar-refractivity contribution in [2.75, 3.05) is 26.8 Å². The van der Waals surface area contributed by atoms with E-state index in [-0.39, 0.29) is 37.3 Å². The predicted molar refractivity (Wildman–Crippen MR) is 162 cm³/mol. The number of hydrogen-bond donors (Lipinski definition) is 0. The van der Waals surface area contributed by atoms with Crippen LogP contribution in [-0.4, -0.2) is 61.7 Å². The van der Waals surface area contributed by atoms with Crippen molar-refractivity contribution in [2.45, 2.75) is 64.6 Å². The fourth-order valence-electron chi connectivity index (χ4n) is 5.72. The Hall–Kier alpha value is -4.35. The quantitative estimate of drug-likeness (QED) is 0.231. The topological polar surface area (TPSA) is 137 Å². The van der Waals surface area contributed by atoms with E-state index in [1.807, 2.05) is 6.07 Å². The molecule has 0 saturated carbocycles. The van der Waals surface area contributed by atoms with Gasteiger partial charge in [-0.1, -0.05) is 18.3 Å². The highest BCUT2D eigenvalue weighted by Crippen LogP contribution is 2.35. The van der Waals surface area contributed by atoms with Crippen molar-refractivity contribution in [1.29, 1.82) is 5.26 Å². The molecule has 4 aromatic rings. The van der Waals surface area contributed by atoms with E-state index < -0.39 is 28.7 Å². The summed E-state index contributed by atoms with van der Waals surface area (Å²) in [5.41, 5.74) is -1.89. The van der Waals surface area contributed by atoms with Crippen LogP contribution in [0.3, 0.4) is 0 Å². The van der Waals surface area contributed by atoms with Crippen LogP contribution in [0.1, 0.15) is 56.8 Å². The van der Waals surface area contributed by atoms with Gasteiger partial charge in [0.05, 0.1) is 50.5 Å². The number of carbonyl (C=O) groups is 1. The zero-order chi connectivity index (χ0) is 31.6. The average molecular weight is 624 g/mol. The number of amides is 1. The molecule has 1 aliphatic heterocycles. The molecule has 0 spiro atoms. The van der Waals surface area contributed by atoms with Gasteiger partial charge in [0.1, 0.15) is 33.0 Å². The van der Waals surface area contributed by atoms with Gasteiger partial charge in [0, 0.05) is 24.2 Å². The van der Waals surface area contributed by atoms with E-state index in [4.69, 9.17) is 14.7 Å². The minimum atomic E-state index is -1.47. The van der Waals surface area contributed by atoms with Crippen LogP contribution in [-0.2, 0) is 21.6 Å². The fourth-order valence-corrected chi connectivity index (χ4v) is 6.94. The third-order valence-corrected chi connectivity index (χ3v) is 9.52. The number of fused-ring (bicyclic) bond motifs is 1. The minimum Gasteiger partial charge on any atom is -0.496 e. The molecule has 0 N–H and O–H groups in total. The number of nitriles is 1. The van der Waals surface area contributed by atoms with Crippen molar-refractivity contribution >= 4 is 27.5 Å². The molecule has 5 rings (SSSR count). The van der Waals surface area contributed by atoms with Gasteiger partial charge in [-0.2, -0.15) is 15.5 Å². The normalized spacial score (nSPS) is 15.3. The van der Waals surface area contributed by atoms with Crippen LogP contribution in [0, 0.1) is 24.1 Å². The van der Waals surface area contributed by atoms with Gasteiger partial charge in [0.25, 0.3) is 5.56 Å². The molecule has 1 fully saturated rings. The Morgan fingerprint density at radius 3 is 2.57 bits per heavy atom. The van der Waals surface area contributed by atoms with Gasteiger partial charge in [-0.05, 0) is 51.3 Å². The van der Waals surface area contributed by atoms with Gasteiger partial charge in [0.15, 0.2) is 0 Å². The maximum absolute atomic E-state index is 14.6. The SMILES string of the molecule is CC[C@@](C)(C(=O)N1CCCC1)n1c(=O)c2c(C)c(-n3nccn3)sc2n(C[C@H](OCCC#N)c2cc(F)ccc2OC)c1=O. The third kappa shape index (κ3) is 5.41. The van der Waals surface area contributed by atoms with E-state index in [2.05, 4.69) is 10.2 Å². The highest BCUT2D eigenvalue weighted by atomic mass is 32.1. The summed E-state index contributed by atoms with van der Waals surface area (Å²) in [4.78, 5) is 46.3. The number of aromatic nitrogens is 5.